The van der Waals surface area contributed by atoms with Crippen LogP contribution in [0.3, 0.4) is 0 Å². The zero-order valence-electron chi connectivity index (χ0n) is 11.2. The largest absolute Gasteiger partial charge is 0.358 e. The lowest BCUT2D eigenvalue weighted by Gasteiger charge is -2.10. The van der Waals surface area contributed by atoms with Gasteiger partial charge in [-0.3, -0.25) is 4.68 Å². The van der Waals surface area contributed by atoms with Crippen LogP contribution in [0, 0.1) is 0 Å². The molecule has 0 fully saturated rings. The average molecular weight is 274 g/mol. The van der Waals surface area contributed by atoms with Crippen molar-refractivity contribution in [2.45, 2.75) is 19.9 Å². The molecule has 0 amide bonds. The van der Waals surface area contributed by atoms with E-state index in [0.717, 1.165) is 17.7 Å². The van der Waals surface area contributed by atoms with Crippen LogP contribution < -0.4 is 10.6 Å². The number of nitrogens with one attached hydrogen (secondary N) is 2. The van der Waals surface area contributed by atoms with Gasteiger partial charge in [0.15, 0.2) is 5.11 Å². The number of hydrogen-bond donors (Lipinski definition) is 2. The fourth-order valence-corrected chi connectivity index (χ4v) is 1.93. The second-order valence-electron chi connectivity index (χ2n) is 4.38. The van der Waals surface area contributed by atoms with E-state index in [2.05, 4.69) is 34.8 Å². The van der Waals surface area contributed by atoms with Gasteiger partial charge in [0.2, 0.25) is 0 Å². The Bertz CT molecular complexity index is 545. The first kappa shape index (κ1) is 13.5. The molecule has 1 aromatic carbocycles. The summed E-state index contributed by atoms with van der Waals surface area (Å²) < 4.78 is 1.77. The van der Waals surface area contributed by atoms with Crippen molar-refractivity contribution in [1.82, 2.24) is 15.1 Å². The van der Waals surface area contributed by atoms with E-state index in [-0.39, 0.29) is 0 Å². The molecule has 0 aliphatic carbocycles. The van der Waals surface area contributed by atoms with Crippen molar-refractivity contribution in [2.24, 2.45) is 7.05 Å². The first-order chi connectivity index (χ1) is 9.17. The quantitative estimate of drug-likeness (QED) is 0.841. The fourth-order valence-electron chi connectivity index (χ4n) is 1.74. The van der Waals surface area contributed by atoms with E-state index in [9.17, 15) is 0 Å². The van der Waals surface area contributed by atoms with Crippen LogP contribution in [-0.2, 0) is 20.0 Å². The lowest BCUT2D eigenvalue weighted by Crippen LogP contribution is -2.27. The maximum atomic E-state index is 5.25. The van der Waals surface area contributed by atoms with Crippen LogP contribution >= 0.6 is 12.2 Å². The van der Waals surface area contributed by atoms with E-state index in [1.165, 1.54) is 5.56 Å². The molecule has 19 heavy (non-hydrogen) atoms. The third kappa shape index (κ3) is 4.06. The molecule has 0 spiro atoms. The second kappa shape index (κ2) is 6.33. The van der Waals surface area contributed by atoms with Gasteiger partial charge in [-0.2, -0.15) is 5.10 Å². The minimum atomic E-state index is 0.619. The molecule has 0 aliphatic rings. The molecule has 0 aliphatic heterocycles. The molecule has 100 valence electrons. The highest BCUT2D eigenvalue weighted by Crippen LogP contribution is 2.09. The van der Waals surface area contributed by atoms with Gasteiger partial charge in [-0.25, -0.2) is 0 Å². The molecular formula is C14H18N4S. The normalized spacial score (nSPS) is 10.2. The fraction of sp³-hybridized carbons (Fsp3) is 0.286. The monoisotopic (exact) mass is 274 g/mol. The molecule has 2 aromatic rings. The Labute approximate surface area is 118 Å². The molecule has 0 radical (unpaired) electrons. The molecule has 2 rings (SSSR count). The molecule has 0 saturated heterocycles. The van der Waals surface area contributed by atoms with Gasteiger partial charge in [0.05, 0.1) is 6.20 Å². The number of aryl methyl sites for hydroxylation is 2. The zero-order chi connectivity index (χ0) is 13.7. The van der Waals surface area contributed by atoms with E-state index in [1.807, 2.05) is 31.6 Å². The summed E-state index contributed by atoms with van der Waals surface area (Å²) in [7, 11) is 1.90. The van der Waals surface area contributed by atoms with Gasteiger partial charge < -0.3 is 10.6 Å². The Balaban J connectivity index is 1.83. The number of aromatic nitrogens is 2. The molecule has 0 atom stereocenters. The van der Waals surface area contributed by atoms with E-state index in [4.69, 9.17) is 12.2 Å². The van der Waals surface area contributed by atoms with Crippen molar-refractivity contribution < 1.29 is 0 Å². The smallest absolute Gasteiger partial charge is 0.171 e. The van der Waals surface area contributed by atoms with Crippen LogP contribution in [0.5, 0.6) is 0 Å². The zero-order valence-corrected chi connectivity index (χ0v) is 12.0. The van der Waals surface area contributed by atoms with Gasteiger partial charge in [-0.1, -0.05) is 19.1 Å². The van der Waals surface area contributed by atoms with E-state index < -0.39 is 0 Å². The number of thiocarbonyl (C=S) groups is 1. The molecular weight excluding hydrogens is 256 g/mol. The number of nitrogens with zero attached hydrogens (tertiary/aromatic N) is 2. The third-order valence-corrected chi connectivity index (χ3v) is 3.08. The molecule has 5 heteroatoms. The first-order valence-corrected chi connectivity index (χ1v) is 6.69. The number of anilines is 1. The van der Waals surface area contributed by atoms with Gasteiger partial charge in [-0.15, -0.1) is 0 Å². The van der Waals surface area contributed by atoms with E-state index in [1.54, 1.807) is 4.68 Å². The highest BCUT2D eigenvalue weighted by Gasteiger charge is 1.99. The summed E-state index contributed by atoms with van der Waals surface area (Å²) >= 11 is 5.25. The summed E-state index contributed by atoms with van der Waals surface area (Å²) in [6, 6.07) is 8.28. The molecule has 0 saturated carbocycles. The van der Waals surface area contributed by atoms with Gasteiger partial charge in [0.25, 0.3) is 0 Å². The van der Waals surface area contributed by atoms with Crippen LogP contribution in [-0.4, -0.2) is 14.9 Å². The second-order valence-corrected chi connectivity index (χ2v) is 4.79. The maximum Gasteiger partial charge on any atom is 0.171 e. The van der Waals surface area contributed by atoms with Crippen LogP contribution in [0.15, 0.2) is 36.7 Å². The van der Waals surface area contributed by atoms with Crippen molar-refractivity contribution in [3.05, 3.63) is 47.8 Å². The van der Waals surface area contributed by atoms with Crippen LogP contribution in [0.1, 0.15) is 18.1 Å². The van der Waals surface area contributed by atoms with Gasteiger partial charge in [0, 0.05) is 31.0 Å². The Morgan fingerprint density at radius 2 is 2.00 bits per heavy atom. The molecule has 0 bridgehead atoms. The molecule has 0 unspecified atom stereocenters. The summed E-state index contributed by atoms with van der Waals surface area (Å²) in [6.45, 7) is 2.81. The van der Waals surface area contributed by atoms with Crippen LogP contribution in [0.4, 0.5) is 5.69 Å². The van der Waals surface area contributed by atoms with Gasteiger partial charge in [-0.05, 0) is 36.3 Å². The third-order valence-electron chi connectivity index (χ3n) is 2.83. The minimum Gasteiger partial charge on any atom is -0.358 e. The number of benzene rings is 1. The summed E-state index contributed by atoms with van der Waals surface area (Å²) in [6.07, 6.45) is 4.83. The molecule has 4 nitrogen and oxygen atoms in total. The van der Waals surface area contributed by atoms with Crippen molar-refractivity contribution in [2.75, 3.05) is 5.32 Å². The van der Waals surface area contributed by atoms with Crippen molar-refractivity contribution >= 4 is 23.0 Å². The van der Waals surface area contributed by atoms with E-state index in [0.29, 0.717) is 11.7 Å². The predicted octanol–water partition coefficient (Wildman–Crippen LogP) is 2.47. The highest BCUT2D eigenvalue weighted by molar-refractivity contribution is 7.80. The highest BCUT2D eigenvalue weighted by atomic mass is 32.1. The number of rotatable bonds is 4. The Kier molecular flexibility index (Phi) is 4.52. The van der Waals surface area contributed by atoms with Crippen molar-refractivity contribution in [3.8, 4) is 0 Å². The van der Waals surface area contributed by atoms with Gasteiger partial charge >= 0.3 is 0 Å². The summed E-state index contributed by atoms with van der Waals surface area (Å²) in [5, 5.41) is 11.0. The molecule has 1 heterocycles. The SMILES string of the molecule is CCc1ccc(NC(=S)NCc2cnn(C)c2)cc1. The Morgan fingerprint density at radius 3 is 2.58 bits per heavy atom. The topological polar surface area (TPSA) is 41.9 Å². The van der Waals surface area contributed by atoms with E-state index >= 15 is 0 Å². The molecule has 1 aromatic heterocycles. The average Bonchev–Trinajstić information content (AvgIpc) is 2.83. The summed E-state index contributed by atoms with van der Waals surface area (Å²) in [5.74, 6) is 0. The van der Waals surface area contributed by atoms with Crippen molar-refractivity contribution in [1.29, 1.82) is 0 Å². The van der Waals surface area contributed by atoms with Gasteiger partial charge in [0.1, 0.15) is 0 Å². The Hall–Kier alpha value is -1.88. The summed E-state index contributed by atoms with van der Waals surface area (Å²) in [4.78, 5) is 0. The Morgan fingerprint density at radius 1 is 1.26 bits per heavy atom. The van der Waals surface area contributed by atoms with Crippen molar-refractivity contribution in [3.63, 3.8) is 0 Å². The lowest BCUT2D eigenvalue weighted by atomic mass is 10.1. The lowest BCUT2D eigenvalue weighted by molar-refractivity contribution is 0.766. The summed E-state index contributed by atoms with van der Waals surface area (Å²) in [5.41, 5.74) is 3.42. The van der Waals surface area contributed by atoms with Crippen LogP contribution in [0.2, 0.25) is 0 Å². The molecule has 2 N–H and O–H groups in total. The maximum absolute atomic E-state index is 5.25. The number of hydrogen-bond acceptors (Lipinski definition) is 2. The minimum absolute atomic E-state index is 0.619. The predicted molar refractivity (Wildman–Crippen MR) is 82.1 cm³/mol. The standard InChI is InChI=1S/C14H18N4S/c1-3-11-4-6-13(7-5-11)17-14(19)15-8-12-9-16-18(2)10-12/h4-7,9-10H,3,8H2,1-2H3,(H2,15,17,19). The van der Waals surface area contributed by atoms with Crippen LogP contribution in [0.25, 0.3) is 0 Å². The first-order valence-electron chi connectivity index (χ1n) is 6.28.